The van der Waals surface area contributed by atoms with Crippen LogP contribution >= 0.6 is 0 Å². The molecule has 0 N–H and O–H groups in total. The molecule has 104 valence electrons. The molecule has 3 heteroatoms. The lowest BCUT2D eigenvalue weighted by molar-refractivity contribution is -0.119. The molecule has 0 saturated carbocycles. The zero-order valence-corrected chi connectivity index (χ0v) is 12.0. The summed E-state index contributed by atoms with van der Waals surface area (Å²) < 4.78 is 0. The molecule has 0 radical (unpaired) electrons. The number of benzene rings is 2. The molecule has 0 aliphatic carbocycles. The average Bonchev–Trinajstić information content (AvgIpc) is 2.75. The quantitative estimate of drug-likeness (QED) is 0.790. The maximum atomic E-state index is 12.7. The summed E-state index contributed by atoms with van der Waals surface area (Å²) in [5, 5.41) is 0. The summed E-state index contributed by atoms with van der Waals surface area (Å²) >= 11 is 0. The molecule has 0 aromatic heterocycles. The highest BCUT2D eigenvalue weighted by molar-refractivity contribution is 6.43. The molecule has 3 nitrogen and oxygen atoms in total. The van der Waals surface area contributed by atoms with E-state index in [0.29, 0.717) is 11.3 Å². The molecule has 2 aromatic carbocycles. The van der Waals surface area contributed by atoms with E-state index in [2.05, 4.69) is 0 Å². The number of carbonyl (C=O) groups excluding carboxylic acids is 2. The van der Waals surface area contributed by atoms with E-state index in [1.54, 1.807) is 12.1 Å². The summed E-state index contributed by atoms with van der Waals surface area (Å²) in [5.74, 6) is -0.549. The first kappa shape index (κ1) is 13.3. The van der Waals surface area contributed by atoms with E-state index >= 15 is 0 Å². The Kier molecular flexibility index (Phi) is 3.18. The third-order valence-electron chi connectivity index (χ3n) is 3.69. The van der Waals surface area contributed by atoms with E-state index in [4.69, 9.17) is 0 Å². The highest BCUT2D eigenvalue weighted by atomic mass is 16.2. The fourth-order valence-electron chi connectivity index (χ4n) is 2.71. The first-order chi connectivity index (χ1) is 10.1. The van der Waals surface area contributed by atoms with Crippen LogP contribution in [0.5, 0.6) is 0 Å². The van der Waals surface area contributed by atoms with Crippen molar-refractivity contribution < 1.29 is 9.59 Å². The molecule has 1 aliphatic rings. The van der Waals surface area contributed by atoms with Gasteiger partial charge in [-0.05, 0) is 42.7 Å². The first-order valence-electron chi connectivity index (χ1n) is 6.81. The van der Waals surface area contributed by atoms with Crippen LogP contribution in [0.15, 0.2) is 54.6 Å². The summed E-state index contributed by atoms with van der Waals surface area (Å²) in [6.45, 7) is 3.90. The molecule has 2 aromatic rings. The van der Waals surface area contributed by atoms with Gasteiger partial charge >= 0.3 is 0 Å². The predicted molar refractivity (Wildman–Crippen MR) is 82.8 cm³/mol. The molecule has 0 bridgehead atoms. The number of imide groups is 1. The topological polar surface area (TPSA) is 37.4 Å². The van der Waals surface area contributed by atoms with Crippen LogP contribution in [0.25, 0.3) is 5.57 Å². The minimum absolute atomic E-state index is 0.261. The molecule has 1 aliphatic heterocycles. The van der Waals surface area contributed by atoms with Gasteiger partial charge in [-0.1, -0.05) is 36.4 Å². The Morgan fingerprint density at radius 3 is 2.05 bits per heavy atom. The van der Waals surface area contributed by atoms with Crippen molar-refractivity contribution in [2.24, 2.45) is 0 Å². The molecular weight excluding hydrogens is 262 g/mol. The van der Waals surface area contributed by atoms with Crippen LogP contribution in [0.3, 0.4) is 0 Å². The number of anilines is 1. The third kappa shape index (κ3) is 2.17. The lowest BCUT2D eigenvalue weighted by atomic mass is 9.96. The number of hydrogen-bond acceptors (Lipinski definition) is 2. The molecule has 21 heavy (non-hydrogen) atoms. The fourth-order valence-corrected chi connectivity index (χ4v) is 2.71. The Labute approximate surface area is 123 Å². The highest BCUT2D eigenvalue weighted by Gasteiger charge is 2.33. The standard InChI is InChI=1S/C18H15NO2/c1-12-7-6-8-13(2)17(12)15-11-16(20)19(18(15)21)14-9-4-3-5-10-14/h3-11H,1-2H3. The Bertz CT molecular complexity index is 740. The van der Waals surface area contributed by atoms with Crippen LogP contribution in [-0.4, -0.2) is 11.8 Å². The Morgan fingerprint density at radius 1 is 0.810 bits per heavy atom. The number of para-hydroxylation sites is 1. The number of amides is 2. The number of aryl methyl sites for hydroxylation is 2. The second-order valence-corrected chi connectivity index (χ2v) is 5.14. The van der Waals surface area contributed by atoms with Crippen LogP contribution in [-0.2, 0) is 9.59 Å². The number of carbonyl (C=O) groups is 2. The van der Waals surface area contributed by atoms with E-state index in [1.807, 2.05) is 50.2 Å². The summed E-state index contributed by atoms with van der Waals surface area (Å²) in [7, 11) is 0. The minimum atomic E-state index is -0.288. The average molecular weight is 277 g/mol. The van der Waals surface area contributed by atoms with Gasteiger partial charge in [-0.2, -0.15) is 0 Å². The zero-order chi connectivity index (χ0) is 15.0. The molecule has 2 amide bonds. The predicted octanol–water partition coefficient (Wildman–Crippen LogP) is 3.26. The normalized spacial score (nSPS) is 14.6. The first-order valence-corrected chi connectivity index (χ1v) is 6.81. The second-order valence-electron chi connectivity index (χ2n) is 5.14. The molecule has 3 rings (SSSR count). The van der Waals surface area contributed by atoms with Gasteiger partial charge in [0.25, 0.3) is 11.8 Å². The van der Waals surface area contributed by atoms with E-state index in [9.17, 15) is 9.59 Å². The van der Waals surface area contributed by atoms with Crippen molar-refractivity contribution in [3.63, 3.8) is 0 Å². The largest absolute Gasteiger partial charge is 0.269 e. The summed E-state index contributed by atoms with van der Waals surface area (Å²) in [4.78, 5) is 26.1. The number of nitrogens with zero attached hydrogens (tertiary/aromatic N) is 1. The van der Waals surface area contributed by atoms with Crippen molar-refractivity contribution in [2.75, 3.05) is 4.90 Å². The van der Waals surface area contributed by atoms with Gasteiger partial charge in [-0.15, -0.1) is 0 Å². The fraction of sp³-hybridized carbons (Fsp3) is 0.111. The molecule has 0 saturated heterocycles. The van der Waals surface area contributed by atoms with E-state index < -0.39 is 0 Å². The van der Waals surface area contributed by atoms with Crippen LogP contribution in [0, 0.1) is 13.8 Å². The van der Waals surface area contributed by atoms with Crippen LogP contribution in [0.4, 0.5) is 5.69 Å². The smallest absolute Gasteiger partial charge is 0.266 e. The summed E-state index contributed by atoms with van der Waals surface area (Å²) in [5.41, 5.74) is 3.92. The van der Waals surface area contributed by atoms with Gasteiger partial charge in [-0.3, -0.25) is 9.59 Å². The van der Waals surface area contributed by atoms with Gasteiger partial charge in [0.05, 0.1) is 11.3 Å². The zero-order valence-electron chi connectivity index (χ0n) is 12.0. The second kappa shape index (κ2) is 5.02. The van der Waals surface area contributed by atoms with Crippen LogP contribution < -0.4 is 4.90 Å². The summed E-state index contributed by atoms with van der Waals surface area (Å²) in [6, 6.07) is 14.9. The Balaban J connectivity index is 2.06. The monoisotopic (exact) mass is 277 g/mol. The molecular formula is C18H15NO2. The van der Waals surface area contributed by atoms with Gasteiger partial charge in [0.2, 0.25) is 0 Å². The van der Waals surface area contributed by atoms with Gasteiger partial charge in [-0.25, -0.2) is 4.90 Å². The lowest BCUT2D eigenvalue weighted by Gasteiger charge is -2.16. The Hall–Kier alpha value is -2.68. The molecule has 0 atom stereocenters. The summed E-state index contributed by atoms with van der Waals surface area (Å²) in [6.07, 6.45) is 1.44. The SMILES string of the molecule is Cc1cccc(C)c1C1=CC(=O)N(c2ccccc2)C1=O. The van der Waals surface area contributed by atoms with Crippen molar-refractivity contribution in [2.45, 2.75) is 13.8 Å². The van der Waals surface area contributed by atoms with Gasteiger partial charge < -0.3 is 0 Å². The van der Waals surface area contributed by atoms with Crippen LogP contribution in [0.1, 0.15) is 16.7 Å². The lowest BCUT2D eigenvalue weighted by Crippen LogP contribution is -2.30. The molecule has 0 spiro atoms. The number of rotatable bonds is 2. The molecule has 0 fully saturated rings. The van der Waals surface area contributed by atoms with Gasteiger partial charge in [0.1, 0.15) is 0 Å². The minimum Gasteiger partial charge on any atom is -0.269 e. The van der Waals surface area contributed by atoms with Crippen molar-refractivity contribution in [1.29, 1.82) is 0 Å². The van der Waals surface area contributed by atoms with Crippen molar-refractivity contribution >= 4 is 23.1 Å². The van der Waals surface area contributed by atoms with Crippen molar-refractivity contribution in [3.05, 3.63) is 71.3 Å². The van der Waals surface area contributed by atoms with E-state index in [1.165, 1.54) is 11.0 Å². The maximum absolute atomic E-state index is 12.7. The molecule has 1 heterocycles. The van der Waals surface area contributed by atoms with Gasteiger partial charge in [0, 0.05) is 6.08 Å². The van der Waals surface area contributed by atoms with E-state index in [0.717, 1.165) is 16.7 Å². The van der Waals surface area contributed by atoms with E-state index in [-0.39, 0.29) is 11.8 Å². The number of hydrogen-bond donors (Lipinski definition) is 0. The molecule has 0 unspecified atom stereocenters. The third-order valence-corrected chi connectivity index (χ3v) is 3.69. The van der Waals surface area contributed by atoms with Crippen molar-refractivity contribution in [3.8, 4) is 0 Å². The highest BCUT2D eigenvalue weighted by Crippen LogP contribution is 2.31. The van der Waals surface area contributed by atoms with Gasteiger partial charge in [0.15, 0.2) is 0 Å². The van der Waals surface area contributed by atoms with Crippen molar-refractivity contribution in [1.82, 2.24) is 0 Å². The maximum Gasteiger partial charge on any atom is 0.266 e. The van der Waals surface area contributed by atoms with Crippen LogP contribution in [0.2, 0.25) is 0 Å². The Morgan fingerprint density at radius 2 is 1.43 bits per heavy atom.